The molecule has 6 heteroatoms. The van der Waals surface area contributed by atoms with Gasteiger partial charge in [0.05, 0.1) is 12.7 Å². The Kier molecular flexibility index (Phi) is 3.41. The van der Waals surface area contributed by atoms with Crippen LogP contribution in [-0.2, 0) is 0 Å². The van der Waals surface area contributed by atoms with Crippen molar-refractivity contribution in [1.29, 1.82) is 5.41 Å². The summed E-state index contributed by atoms with van der Waals surface area (Å²) >= 11 is 5.67. The average Bonchev–Trinajstić information content (AvgIpc) is 2.21. The molecule has 0 saturated carbocycles. The number of hydrogen-bond acceptors (Lipinski definition) is 5. The van der Waals surface area contributed by atoms with Crippen LogP contribution in [0.15, 0.2) is 17.2 Å². The lowest BCUT2D eigenvalue weighted by atomic mass is 10.2. The Morgan fingerprint density at radius 3 is 2.93 bits per heavy atom. The molecular formula is C8H9ClN4O. The molecule has 0 aliphatic heterocycles. The van der Waals surface area contributed by atoms with Gasteiger partial charge in [-0.25, -0.2) is 4.98 Å². The minimum atomic E-state index is 0.283. The van der Waals surface area contributed by atoms with Crippen molar-refractivity contribution in [2.75, 3.05) is 7.11 Å². The summed E-state index contributed by atoms with van der Waals surface area (Å²) in [7, 11) is 1.46. The van der Waals surface area contributed by atoms with Crippen LogP contribution < -0.4 is 10.6 Å². The lowest BCUT2D eigenvalue weighted by molar-refractivity contribution is 0.397. The molecule has 0 aliphatic rings. The van der Waals surface area contributed by atoms with Crippen molar-refractivity contribution < 1.29 is 4.74 Å². The summed E-state index contributed by atoms with van der Waals surface area (Å²) in [4.78, 5) is 3.91. The van der Waals surface area contributed by atoms with Crippen LogP contribution in [0, 0.1) is 5.41 Å². The first kappa shape index (κ1) is 10.5. The molecule has 0 saturated heterocycles. The third kappa shape index (κ3) is 2.00. The van der Waals surface area contributed by atoms with E-state index in [1.54, 1.807) is 12.1 Å². The van der Waals surface area contributed by atoms with Crippen molar-refractivity contribution in [3.63, 3.8) is 0 Å². The van der Waals surface area contributed by atoms with E-state index in [0.717, 1.165) is 6.21 Å². The SMILES string of the molecule is COc1nc(Cl)ccc1/C(C=N)=N/N. The van der Waals surface area contributed by atoms with Crippen molar-refractivity contribution in [3.8, 4) is 5.88 Å². The van der Waals surface area contributed by atoms with Crippen molar-refractivity contribution in [3.05, 3.63) is 22.8 Å². The molecule has 0 fully saturated rings. The zero-order chi connectivity index (χ0) is 10.6. The number of nitrogens with one attached hydrogen (secondary N) is 1. The minimum absolute atomic E-state index is 0.283. The van der Waals surface area contributed by atoms with Crippen LogP contribution in [0.2, 0.25) is 5.15 Å². The molecule has 1 heterocycles. The van der Waals surface area contributed by atoms with Crippen LogP contribution >= 0.6 is 11.6 Å². The second-order valence-corrected chi connectivity index (χ2v) is 2.74. The standard InChI is InChI=1S/C8H9ClN4O/c1-14-8-5(6(4-10)13-11)2-3-7(9)12-8/h2-4,10H,11H2,1H3/b10-4?,13-6+. The topological polar surface area (TPSA) is 84.3 Å². The largest absolute Gasteiger partial charge is 0.480 e. The van der Waals surface area contributed by atoms with Gasteiger partial charge in [-0.15, -0.1) is 0 Å². The molecule has 0 spiro atoms. The maximum Gasteiger partial charge on any atom is 0.224 e. The number of halogens is 1. The molecule has 0 aliphatic carbocycles. The number of hydrazone groups is 1. The highest BCUT2D eigenvalue weighted by Gasteiger charge is 2.09. The fourth-order valence-corrected chi connectivity index (χ4v) is 1.09. The highest BCUT2D eigenvalue weighted by molar-refractivity contribution is 6.38. The fourth-order valence-electron chi connectivity index (χ4n) is 0.953. The van der Waals surface area contributed by atoms with Gasteiger partial charge in [0, 0.05) is 6.21 Å². The van der Waals surface area contributed by atoms with Gasteiger partial charge in [0.2, 0.25) is 5.88 Å². The van der Waals surface area contributed by atoms with E-state index in [4.69, 9.17) is 27.6 Å². The van der Waals surface area contributed by atoms with Gasteiger partial charge in [0.15, 0.2) is 0 Å². The van der Waals surface area contributed by atoms with Gasteiger partial charge < -0.3 is 16.0 Å². The molecule has 14 heavy (non-hydrogen) atoms. The van der Waals surface area contributed by atoms with E-state index in [2.05, 4.69) is 10.1 Å². The Labute approximate surface area is 86.1 Å². The molecule has 0 unspecified atom stereocenters. The molecule has 0 radical (unpaired) electrons. The quantitative estimate of drug-likeness (QED) is 0.340. The van der Waals surface area contributed by atoms with Gasteiger partial charge in [-0.3, -0.25) is 0 Å². The van der Waals surface area contributed by atoms with Crippen LogP contribution in [0.3, 0.4) is 0 Å². The number of pyridine rings is 1. The normalized spacial score (nSPS) is 11.1. The first-order chi connectivity index (χ1) is 6.72. The number of rotatable bonds is 3. The molecule has 0 aromatic carbocycles. The first-order valence-electron chi connectivity index (χ1n) is 3.72. The summed E-state index contributed by atoms with van der Waals surface area (Å²) in [6.45, 7) is 0. The molecule has 0 amide bonds. The van der Waals surface area contributed by atoms with E-state index in [-0.39, 0.29) is 5.71 Å². The van der Waals surface area contributed by atoms with Gasteiger partial charge >= 0.3 is 0 Å². The Bertz CT molecular complexity index is 378. The lowest BCUT2D eigenvalue weighted by Gasteiger charge is -2.05. The van der Waals surface area contributed by atoms with Crippen LogP contribution in [-0.4, -0.2) is 24.0 Å². The number of nitrogens with two attached hydrogens (primary N) is 1. The molecule has 0 bridgehead atoms. The Morgan fingerprint density at radius 2 is 2.43 bits per heavy atom. The third-order valence-corrected chi connectivity index (χ3v) is 1.78. The second kappa shape index (κ2) is 4.57. The summed E-state index contributed by atoms with van der Waals surface area (Å²) in [5.74, 6) is 5.39. The minimum Gasteiger partial charge on any atom is -0.480 e. The molecule has 0 atom stereocenters. The number of aromatic nitrogens is 1. The number of methoxy groups -OCH3 is 1. The second-order valence-electron chi connectivity index (χ2n) is 2.35. The lowest BCUT2D eigenvalue weighted by Crippen LogP contribution is -2.08. The summed E-state index contributed by atoms with van der Waals surface area (Å²) in [6, 6.07) is 3.22. The van der Waals surface area contributed by atoms with Crippen molar-refractivity contribution >= 4 is 23.5 Å². The summed E-state index contributed by atoms with van der Waals surface area (Å²) < 4.78 is 4.98. The smallest absolute Gasteiger partial charge is 0.224 e. The summed E-state index contributed by atoms with van der Waals surface area (Å²) in [5.41, 5.74) is 0.820. The van der Waals surface area contributed by atoms with Gasteiger partial charge in [-0.1, -0.05) is 11.6 Å². The molecule has 3 N–H and O–H groups in total. The fraction of sp³-hybridized carbons (Fsp3) is 0.125. The van der Waals surface area contributed by atoms with E-state index in [1.807, 2.05) is 0 Å². The van der Waals surface area contributed by atoms with Gasteiger partial charge in [-0.2, -0.15) is 5.10 Å². The van der Waals surface area contributed by atoms with Crippen molar-refractivity contribution in [1.82, 2.24) is 4.98 Å². The van der Waals surface area contributed by atoms with Crippen LogP contribution in [0.5, 0.6) is 5.88 Å². The molecule has 1 aromatic rings. The Morgan fingerprint density at radius 1 is 1.71 bits per heavy atom. The van der Waals surface area contributed by atoms with Crippen molar-refractivity contribution in [2.24, 2.45) is 10.9 Å². The van der Waals surface area contributed by atoms with E-state index in [0.29, 0.717) is 16.6 Å². The van der Waals surface area contributed by atoms with E-state index >= 15 is 0 Å². The molecule has 1 rings (SSSR count). The summed E-state index contributed by atoms with van der Waals surface area (Å²) in [6.07, 6.45) is 1.02. The molecule has 1 aromatic heterocycles. The zero-order valence-electron chi connectivity index (χ0n) is 7.49. The summed E-state index contributed by atoms with van der Waals surface area (Å²) in [5, 5.41) is 10.8. The molecule has 5 nitrogen and oxygen atoms in total. The Hall–Kier alpha value is -1.62. The van der Waals surface area contributed by atoms with Gasteiger partial charge in [0.25, 0.3) is 0 Å². The van der Waals surface area contributed by atoms with Crippen LogP contribution in [0.4, 0.5) is 0 Å². The highest BCUT2D eigenvalue weighted by Crippen LogP contribution is 2.18. The Balaban J connectivity index is 3.26. The number of hydrogen-bond donors (Lipinski definition) is 2. The maximum absolute atomic E-state index is 7.07. The van der Waals surface area contributed by atoms with Crippen molar-refractivity contribution in [2.45, 2.75) is 0 Å². The zero-order valence-corrected chi connectivity index (χ0v) is 8.25. The number of ether oxygens (including phenoxy) is 1. The molecular weight excluding hydrogens is 204 g/mol. The number of nitrogens with zero attached hydrogens (tertiary/aromatic N) is 2. The predicted octanol–water partition coefficient (Wildman–Crippen LogP) is 1.06. The highest BCUT2D eigenvalue weighted by atomic mass is 35.5. The van der Waals surface area contributed by atoms with E-state index in [9.17, 15) is 0 Å². The third-order valence-electron chi connectivity index (χ3n) is 1.57. The predicted molar refractivity (Wildman–Crippen MR) is 55.3 cm³/mol. The molecule has 74 valence electrons. The van der Waals surface area contributed by atoms with Crippen LogP contribution in [0.25, 0.3) is 0 Å². The van der Waals surface area contributed by atoms with Gasteiger partial charge in [-0.05, 0) is 12.1 Å². The maximum atomic E-state index is 7.07. The average molecular weight is 213 g/mol. The van der Waals surface area contributed by atoms with E-state index < -0.39 is 0 Å². The van der Waals surface area contributed by atoms with Gasteiger partial charge in [0.1, 0.15) is 10.9 Å². The first-order valence-corrected chi connectivity index (χ1v) is 4.10. The monoisotopic (exact) mass is 212 g/mol. The van der Waals surface area contributed by atoms with E-state index in [1.165, 1.54) is 7.11 Å². The van der Waals surface area contributed by atoms with Crippen LogP contribution in [0.1, 0.15) is 5.56 Å².